The van der Waals surface area contributed by atoms with Crippen molar-refractivity contribution in [3.8, 4) is 0 Å². The Morgan fingerprint density at radius 3 is 1.85 bits per heavy atom. The molecule has 0 unspecified atom stereocenters. The van der Waals surface area contributed by atoms with E-state index in [1.165, 1.54) is 38.5 Å². The van der Waals surface area contributed by atoms with Crippen molar-refractivity contribution in [2.45, 2.75) is 129 Å². The zero-order valence-corrected chi connectivity index (χ0v) is 25.7. The Bertz CT molecular complexity index is 822. The molecular formula is C32H59N3O5. The number of esters is 1. The zero-order valence-electron chi connectivity index (χ0n) is 25.7. The summed E-state index contributed by atoms with van der Waals surface area (Å²) < 4.78 is 5.39. The van der Waals surface area contributed by atoms with Crippen molar-refractivity contribution in [1.82, 2.24) is 4.90 Å². The molecule has 0 heterocycles. The summed E-state index contributed by atoms with van der Waals surface area (Å²) in [6.07, 6.45) is 20.9. The average Bonchev–Trinajstić information content (AvgIpc) is 2.96. The molecule has 0 amide bonds. The Hall–Kier alpha value is -1.93. The van der Waals surface area contributed by atoms with Gasteiger partial charge in [0.1, 0.15) is 11.4 Å². The van der Waals surface area contributed by atoms with Gasteiger partial charge in [0.2, 0.25) is 0 Å². The summed E-state index contributed by atoms with van der Waals surface area (Å²) >= 11 is 0. The van der Waals surface area contributed by atoms with Crippen LogP contribution >= 0.6 is 0 Å². The van der Waals surface area contributed by atoms with Crippen LogP contribution in [-0.2, 0) is 9.53 Å². The Morgan fingerprint density at radius 2 is 1.23 bits per heavy atom. The minimum atomic E-state index is -0.437. The fourth-order valence-electron chi connectivity index (χ4n) is 5.08. The van der Waals surface area contributed by atoms with Crippen LogP contribution in [0.25, 0.3) is 0 Å². The van der Waals surface area contributed by atoms with Crippen molar-refractivity contribution in [3.05, 3.63) is 20.4 Å². The molecule has 3 N–H and O–H groups in total. The Labute approximate surface area is 243 Å². The topological polar surface area (TPSA) is 108 Å². The minimum absolute atomic E-state index is 0.0460. The van der Waals surface area contributed by atoms with E-state index in [1.54, 1.807) is 7.05 Å². The van der Waals surface area contributed by atoms with E-state index in [1.807, 2.05) is 0 Å². The zero-order chi connectivity index (χ0) is 29.3. The second kappa shape index (κ2) is 24.8. The van der Waals surface area contributed by atoms with Crippen molar-refractivity contribution in [2.24, 2.45) is 0 Å². The number of nitrogens with zero attached hydrogens (tertiary/aromatic N) is 1. The van der Waals surface area contributed by atoms with Gasteiger partial charge in [0, 0.05) is 26.6 Å². The Morgan fingerprint density at radius 1 is 0.700 bits per heavy atom. The summed E-state index contributed by atoms with van der Waals surface area (Å²) in [5, 5.41) is 14.9. The maximum Gasteiger partial charge on any atom is 0.305 e. The number of anilines is 2. The van der Waals surface area contributed by atoms with E-state index in [0.29, 0.717) is 30.9 Å². The predicted molar refractivity (Wildman–Crippen MR) is 167 cm³/mol. The van der Waals surface area contributed by atoms with Crippen LogP contribution in [0.3, 0.4) is 0 Å². The van der Waals surface area contributed by atoms with E-state index in [9.17, 15) is 14.4 Å². The predicted octanol–water partition coefficient (Wildman–Crippen LogP) is 6.01. The SMILES string of the molecule is CCCCCCCCCOC(=O)CCCCCCCN(CCCCCCCO)CCCNc1c(NC)c(=O)c1=O. The number of nitrogens with one attached hydrogen (secondary N) is 2. The molecule has 0 radical (unpaired) electrons. The summed E-state index contributed by atoms with van der Waals surface area (Å²) in [6.45, 7) is 6.82. The Balaban J connectivity index is 2.15. The maximum atomic E-state index is 12.0. The molecule has 1 rings (SSSR count). The van der Waals surface area contributed by atoms with Gasteiger partial charge in [-0.05, 0) is 58.2 Å². The summed E-state index contributed by atoms with van der Waals surface area (Å²) in [4.78, 5) is 37.7. The number of aliphatic hydroxyl groups excluding tert-OH is 1. The maximum absolute atomic E-state index is 12.0. The number of hydrogen-bond donors (Lipinski definition) is 3. The number of rotatable bonds is 29. The van der Waals surface area contributed by atoms with Crippen LogP contribution < -0.4 is 21.5 Å². The Kier molecular flexibility index (Phi) is 22.4. The summed E-state index contributed by atoms with van der Waals surface area (Å²) in [6, 6.07) is 0. The van der Waals surface area contributed by atoms with Gasteiger partial charge in [0.05, 0.1) is 6.61 Å². The van der Waals surface area contributed by atoms with Crippen molar-refractivity contribution >= 4 is 17.3 Å². The van der Waals surface area contributed by atoms with Crippen LogP contribution in [0.2, 0.25) is 0 Å². The molecule has 0 aliphatic heterocycles. The normalized spacial score (nSPS) is 11.4. The first-order valence-corrected chi connectivity index (χ1v) is 16.3. The van der Waals surface area contributed by atoms with Gasteiger partial charge in [-0.25, -0.2) is 0 Å². The third-order valence-corrected chi connectivity index (χ3v) is 7.61. The van der Waals surface area contributed by atoms with Gasteiger partial charge in [-0.15, -0.1) is 0 Å². The molecule has 0 aliphatic rings. The number of unbranched alkanes of at least 4 members (excludes halogenated alkanes) is 14. The molecule has 232 valence electrons. The van der Waals surface area contributed by atoms with Crippen LogP contribution in [0.15, 0.2) is 9.59 Å². The van der Waals surface area contributed by atoms with Crippen molar-refractivity contribution in [1.29, 1.82) is 0 Å². The number of aliphatic hydroxyl groups is 1. The molecule has 8 nitrogen and oxygen atoms in total. The summed E-state index contributed by atoms with van der Waals surface area (Å²) in [7, 11) is 1.66. The largest absolute Gasteiger partial charge is 0.466 e. The second-order valence-electron chi connectivity index (χ2n) is 11.1. The number of carbonyl (C=O) groups excluding carboxylic acids is 1. The van der Waals surface area contributed by atoms with E-state index in [-0.39, 0.29) is 12.6 Å². The summed E-state index contributed by atoms with van der Waals surface area (Å²) in [5.41, 5.74) is -0.0467. The van der Waals surface area contributed by atoms with E-state index < -0.39 is 10.9 Å². The van der Waals surface area contributed by atoms with Crippen LogP contribution in [0.4, 0.5) is 11.4 Å². The summed E-state index contributed by atoms with van der Waals surface area (Å²) in [5.74, 6) is -0.0460. The van der Waals surface area contributed by atoms with Crippen LogP contribution in [0, 0.1) is 0 Å². The highest BCUT2D eigenvalue weighted by molar-refractivity contribution is 5.73. The molecular weight excluding hydrogens is 506 g/mol. The van der Waals surface area contributed by atoms with E-state index in [4.69, 9.17) is 9.84 Å². The molecule has 40 heavy (non-hydrogen) atoms. The standard InChI is InChI=1S/C32H59N3O5/c1-3-4-5-6-7-14-19-27-40-28(37)21-15-10-8-11-16-23-35(24-17-12-9-13-18-26-36)25-20-22-34-30-29(33-2)31(38)32(30)39/h33-34,36H,3-27H2,1-2H3. The molecule has 0 aromatic heterocycles. The molecule has 1 aromatic rings. The highest BCUT2D eigenvalue weighted by Gasteiger charge is 2.18. The van der Waals surface area contributed by atoms with Crippen LogP contribution in [0.1, 0.15) is 129 Å². The first-order chi connectivity index (χ1) is 19.5. The monoisotopic (exact) mass is 565 g/mol. The molecule has 0 bridgehead atoms. The number of ether oxygens (including phenoxy) is 1. The minimum Gasteiger partial charge on any atom is -0.466 e. The molecule has 0 spiro atoms. The first kappa shape index (κ1) is 36.1. The lowest BCUT2D eigenvalue weighted by atomic mass is 10.1. The van der Waals surface area contributed by atoms with Gasteiger partial charge in [-0.3, -0.25) is 14.4 Å². The second-order valence-corrected chi connectivity index (χ2v) is 11.1. The van der Waals surface area contributed by atoms with Crippen LogP contribution in [0.5, 0.6) is 0 Å². The third kappa shape index (κ3) is 17.0. The van der Waals surface area contributed by atoms with Crippen molar-refractivity contribution in [3.63, 3.8) is 0 Å². The first-order valence-electron chi connectivity index (χ1n) is 16.3. The third-order valence-electron chi connectivity index (χ3n) is 7.61. The van der Waals surface area contributed by atoms with Gasteiger partial charge in [0.15, 0.2) is 0 Å². The van der Waals surface area contributed by atoms with E-state index in [0.717, 1.165) is 96.7 Å². The van der Waals surface area contributed by atoms with Crippen molar-refractivity contribution < 1.29 is 14.6 Å². The van der Waals surface area contributed by atoms with Gasteiger partial charge < -0.3 is 25.4 Å². The highest BCUT2D eigenvalue weighted by Crippen LogP contribution is 2.14. The molecule has 0 aliphatic carbocycles. The fraction of sp³-hybridized carbons (Fsp3) is 0.844. The number of carbonyl (C=O) groups is 1. The average molecular weight is 566 g/mol. The quantitative estimate of drug-likeness (QED) is 0.0616. The van der Waals surface area contributed by atoms with Gasteiger partial charge in [0.25, 0.3) is 10.9 Å². The van der Waals surface area contributed by atoms with Gasteiger partial charge in [-0.1, -0.05) is 84.0 Å². The molecule has 0 saturated heterocycles. The fourth-order valence-corrected chi connectivity index (χ4v) is 5.08. The molecule has 0 atom stereocenters. The smallest absolute Gasteiger partial charge is 0.305 e. The van der Waals surface area contributed by atoms with Crippen molar-refractivity contribution in [2.75, 3.05) is 57.1 Å². The number of hydrogen-bond acceptors (Lipinski definition) is 8. The van der Waals surface area contributed by atoms with Gasteiger partial charge >= 0.3 is 5.97 Å². The molecule has 0 saturated carbocycles. The van der Waals surface area contributed by atoms with Crippen LogP contribution in [-0.4, -0.2) is 62.4 Å². The lowest BCUT2D eigenvalue weighted by Crippen LogP contribution is -2.37. The highest BCUT2D eigenvalue weighted by atomic mass is 16.5. The lowest BCUT2D eigenvalue weighted by Gasteiger charge is -2.23. The lowest BCUT2D eigenvalue weighted by molar-refractivity contribution is -0.143. The van der Waals surface area contributed by atoms with E-state index >= 15 is 0 Å². The molecule has 0 fully saturated rings. The molecule has 8 heteroatoms. The van der Waals surface area contributed by atoms with Gasteiger partial charge in [-0.2, -0.15) is 0 Å². The van der Waals surface area contributed by atoms with E-state index in [2.05, 4.69) is 22.5 Å². The molecule has 1 aromatic carbocycles.